The van der Waals surface area contributed by atoms with Gasteiger partial charge in [-0.2, -0.15) is 0 Å². The van der Waals surface area contributed by atoms with Crippen molar-refractivity contribution >= 4 is 104 Å². The van der Waals surface area contributed by atoms with E-state index in [1.165, 1.54) is 16.2 Å². The summed E-state index contributed by atoms with van der Waals surface area (Å²) >= 11 is 0. The lowest BCUT2D eigenvalue weighted by atomic mass is 10.0. The van der Waals surface area contributed by atoms with Crippen LogP contribution in [0.1, 0.15) is 0 Å². The van der Waals surface area contributed by atoms with Crippen molar-refractivity contribution in [1.29, 1.82) is 0 Å². The van der Waals surface area contributed by atoms with Gasteiger partial charge < -0.3 is 18.2 Å². The van der Waals surface area contributed by atoms with Crippen molar-refractivity contribution in [3.8, 4) is 11.5 Å². The number of aromatic nitrogens is 1. The molecular formula is C49H28N2O3. The highest BCUT2D eigenvalue weighted by Gasteiger charge is 2.21. The number of hydrogen-bond acceptors (Lipinski definition) is 5. The van der Waals surface area contributed by atoms with Gasteiger partial charge in [0.2, 0.25) is 5.89 Å². The van der Waals surface area contributed by atoms with Crippen LogP contribution < -0.4 is 4.90 Å². The Morgan fingerprint density at radius 1 is 0.352 bits per heavy atom. The highest BCUT2D eigenvalue weighted by atomic mass is 16.4. The summed E-state index contributed by atoms with van der Waals surface area (Å²) in [6, 6.07) is 59.2. The molecule has 9 aromatic carbocycles. The number of furan rings is 2. The molecule has 5 heteroatoms. The fraction of sp³-hybridized carbons (Fsp3) is 0. The molecule has 0 spiro atoms. The Morgan fingerprint density at radius 2 is 0.944 bits per heavy atom. The zero-order valence-electron chi connectivity index (χ0n) is 28.8. The lowest BCUT2D eigenvalue weighted by Crippen LogP contribution is -2.09. The van der Waals surface area contributed by atoms with E-state index in [1.54, 1.807) is 0 Å². The standard InChI is InChI=1S/C49H28N2O3/c1-2-10-31-24-34(18-16-29(31)8-1)51(35-19-21-38-44(27-35)53-43-23-17-30-9-5-6-13-37(30)47(38)43)36-20-22-39-45(28-36)52-42-15-7-14-40(48(39)42)49-50-41-25-32-11-3-4-12-33(32)26-46(41)54-49/h1-28H. The molecule has 0 radical (unpaired) electrons. The second kappa shape index (κ2) is 11.1. The molecule has 0 fully saturated rings. The van der Waals surface area contributed by atoms with E-state index in [4.69, 9.17) is 18.2 Å². The first kappa shape index (κ1) is 29.2. The van der Waals surface area contributed by atoms with Crippen LogP contribution in [-0.2, 0) is 0 Å². The third-order valence-electron chi connectivity index (χ3n) is 10.8. The first-order valence-corrected chi connectivity index (χ1v) is 18.1. The third kappa shape index (κ3) is 4.36. The average molecular weight is 693 g/mol. The van der Waals surface area contributed by atoms with E-state index in [-0.39, 0.29) is 0 Å². The van der Waals surface area contributed by atoms with E-state index >= 15 is 0 Å². The summed E-state index contributed by atoms with van der Waals surface area (Å²) < 4.78 is 19.6. The Kier molecular flexibility index (Phi) is 5.99. The van der Waals surface area contributed by atoms with Gasteiger partial charge in [-0.1, -0.05) is 91.0 Å². The van der Waals surface area contributed by atoms with Crippen LogP contribution in [0.25, 0.3) is 98.7 Å². The molecule has 12 aromatic rings. The number of benzene rings is 9. The zero-order valence-corrected chi connectivity index (χ0v) is 28.8. The van der Waals surface area contributed by atoms with Crippen molar-refractivity contribution in [2.45, 2.75) is 0 Å². The second-order valence-corrected chi connectivity index (χ2v) is 14.0. The van der Waals surface area contributed by atoms with Crippen molar-refractivity contribution in [2.24, 2.45) is 0 Å². The predicted molar refractivity (Wildman–Crippen MR) is 221 cm³/mol. The fourth-order valence-corrected chi connectivity index (χ4v) is 8.30. The molecule has 54 heavy (non-hydrogen) atoms. The molecule has 0 aliphatic heterocycles. The SMILES string of the molecule is c1ccc2cc(N(c3ccc4c(c3)oc3cccc(-c5nc6cc7ccccc7cc6o5)c34)c3ccc4c(c3)oc3ccc5ccccc5c34)ccc2c1. The number of anilines is 3. The smallest absolute Gasteiger partial charge is 0.228 e. The second-order valence-electron chi connectivity index (χ2n) is 14.0. The Hall–Kier alpha value is -7.37. The lowest BCUT2D eigenvalue weighted by molar-refractivity contribution is 0.620. The van der Waals surface area contributed by atoms with Crippen molar-refractivity contribution < 1.29 is 13.3 Å². The first-order chi connectivity index (χ1) is 26.7. The Bertz CT molecular complexity index is 3420. The predicted octanol–water partition coefficient (Wildman–Crippen LogP) is 14.2. The van der Waals surface area contributed by atoms with E-state index in [0.717, 1.165) is 93.8 Å². The van der Waals surface area contributed by atoms with Gasteiger partial charge in [0.1, 0.15) is 27.8 Å². The Balaban J connectivity index is 1.04. The van der Waals surface area contributed by atoms with E-state index in [1.807, 2.05) is 24.3 Å². The largest absolute Gasteiger partial charge is 0.456 e. The molecule has 0 amide bonds. The monoisotopic (exact) mass is 692 g/mol. The Morgan fingerprint density at radius 3 is 1.72 bits per heavy atom. The van der Waals surface area contributed by atoms with E-state index in [0.29, 0.717) is 5.89 Å². The van der Waals surface area contributed by atoms with E-state index in [9.17, 15) is 0 Å². The highest BCUT2D eigenvalue weighted by molar-refractivity contribution is 6.19. The molecule has 0 aliphatic carbocycles. The first-order valence-electron chi connectivity index (χ1n) is 18.1. The van der Waals surface area contributed by atoms with Gasteiger partial charge in [0.25, 0.3) is 0 Å². The summed E-state index contributed by atoms with van der Waals surface area (Å²) in [4.78, 5) is 7.23. The maximum atomic E-state index is 6.62. The van der Waals surface area contributed by atoms with Crippen molar-refractivity contribution in [1.82, 2.24) is 4.98 Å². The minimum absolute atomic E-state index is 0.572. The van der Waals surface area contributed by atoms with Gasteiger partial charge in [-0.15, -0.1) is 0 Å². The van der Waals surface area contributed by atoms with Crippen molar-refractivity contribution in [2.75, 3.05) is 4.90 Å². The van der Waals surface area contributed by atoms with Crippen LogP contribution in [0.3, 0.4) is 0 Å². The molecule has 0 atom stereocenters. The summed E-state index contributed by atoms with van der Waals surface area (Å²) in [6.07, 6.45) is 0. The van der Waals surface area contributed by atoms with Crippen LogP contribution in [0.2, 0.25) is 0 Å². The minimum atomic E-state index is 0.572. The molecule has 0 N–H and O–H groups in total. The number of rotatable bonds is 4. The van der Waals surface area contributed by atoms with Crippen LogP contribution in [0.5, 0.6) is 0 Å². The topological polar surface area (TPSA) is 55.6 Å². The molecule has 0 unspecified atom stereocenters. The maximum Gasteiger partial charge on any atom is 0.228 e. The van der Waals surface area contributed by atoms with Crippen LogP contribution in [0.4, 0.5) is 17.1 Å². The molecule has 0 aliphatic rings. The molecule has 5 nitrogen and oxygen atoms in total. The number of fused-ring (bicyclic) bond motifs is 11. The normalized spacial score (nSPS) is 12.1. The summed E-state index contributed by atoms with van der Waals surface area (Å²) in [5.74, 6) is 0.572. The number of oxazole rings is 1. The number of nitrogens with zero attached hydrogens (tertiary/aromatic N) is 2. The highest BCUT2D eigenvalue weighted by Crippen LogP contribution is 2.44. The van der Waals surface area contributed by atoms with Crippen LogP contribution in [0.15, 0.2) is 183 Å². The molecule has 3 heterocycles. The van der Waals surface area contributed by atoms with Crippen molar-refractivity contribution in [3.05, 3.63) is 170 Å². The lowest BCUT2D eigenvalue weighted by Gasteiger charge is -2.25. The Labute approximate surface area is 307 Å². The average Bonchev–Trinajstić information content (AvgIpc) is 3.92. The molecule has 0 bridgehead atoms. The van der Waals surface area contributed by atoms with Gasteiger partial charge in [0, 0.05) is 56.3 Å². The van der Waals surface area contributed by atoms with E-state index in [2.05, 4.69) is 150 Å². The van der Waals surface area contributed by atoms with Gasteiger partial charge in [-0.05, 0) is 99.0 Å². The van der Waals surface area contributed by atoms with Crippen molar-refractivity contribution in [3.63, 3.8) is 0 Å². The van der Waals surface area contributed by atoms with Gasteiger partial charge in [0.05, 0.1) is 0 Å². The van der Waals surface area contributed by atoms with Gasteiger partial charge in [0.15, 0.2) is 5.58 Å². The van der Waals surface area contributed by atoms with Gasteiger partial charge in [-0.25, -0.2) is 4.98 Å². The molecule has 252 valence electrons. The molecule has 0 saturated heterocycles. The summed E-state index contributed by atoms with van der Waals surface area (Å²) in [5, 5.41) is 11.2. The fourth-order valence-electron chi connectivity index (χ4n) is 8.30. The van der Waals surface area contributed by atoms with Gasteiger partial charge in [-0.3, -0.25) is 0 Å². The van der Waals surface area contributed by atoms with Crippen LogP contribution >= 0.6 is 0 Å². The van der Waals surface area contributed by atoms with Gasteiger partial charge >= 0.3 is 0 Å². The quantitative estimate of drug-likeness (QED) is 0.184. The third-order valence-corrected chi connectivity index (χ3v) is 10.8. The minimum Gasteiger partial charge on any atom is -0.456 e. The summed E-state index contributed by atoms with van der Waals surface area (Å²) in [5.41, 5.74) is 8.74. The zero-order chi connectivity index (χ0) is 35.3. The van der Waals surface area contributed by atoms with Crippen LogP contribution in [-0.4, -0.2) is 4.98 Å². The van der Waals surface area contributed by atoms with Crippen LogP contribution in [0, 0.1) is 0 Å². The van der Waals surface area contributed by atoms with E-state index < -0.39 is 0 Å². The number of hydrogen-bond donors (Lipinski definition) is 0. The summed E-state index contributed by atoms with van der Waals surface area (Å²) in [7, 11) is 0. The summed E-state index contributed by atoms with van der Waals surface area (Å²) in [6.45, 7) is 0. The molecule has 0 saturated carbocycles. The molecule has 12 rings (SSSR count). The molecule has 3 aromatic heterocycles. The molecular weight excluding hydrogens is 665 g/mol. The maximum absolute atomic E-state index is 6.62.